The number of aryl methyl sites for hydroxylation is 2. The van der Waals surface area contributed by atoms with Crippen molar-refractivity contribution >= 4 is 23.4 Å². The zero-order valence-corrected chi connectivity index (χ0v) is 17.0. The number of allylic oxidation sites excluding steroid dienone is 1. The summed E-state index contributed by atoms with van der Waals surface area (Å²) in [5.74, 6) is 0.683. The fourth-order valence-corrected chi connectivity index (χ4v) is 5.23. The zero-order valence-electron chi connectivity index (χ0n) is 16.2. The van der Waals surface area contributed by atoms with Gasteiger partial charge in [0.25, 0.3) is 0 Å². The molecule has 0 aromatic heterocycles. The summed E-state index contributed by atoms with van der Waals surface area (Å²) in [6.07, 6.45) is 1.30. The normalized spacial score (nSPS) is 19.5. The highest BCUT2D eigenvalue weighted by Crippen LogP contribution is 2.44. The van der Waals surface area contributed by atoms with E-state index in [0.29, 0.717) is 13.1 Å². The minimum Gasteiger partial charge on any atom is -0.343 e. The van der Waals surface area contributed by atoms with Crippen molar-refractivity contribution in [3.05, 3.63) is 75.8 Å². The molecule has 0 saturated carbocycles. The van der Waals surface area contributed by atoms with Gasteiger partial charge in [0.1, 0.15) is 0 Å². The monoisotopic (exact) mass is 389 g/mol. The summed E-state index contributed by atoms with van der Waals surface area (Å²) in [6, 6.07) is 18.8. The molecule has 0 spiro atoms. The molecule has 142 valence electrons. The fraction of sp³-hybridized carbons (Fsp3) is 0.304. The van der Waals surface area contributed by atoms with Crippen molar-refractivity contribution in [1.29, 1.82) is 5.26 Å². The summed E-state index contributed by atoms with van der Waals surface area (Å²) >= 11 is 1.60. The Morgan fingerprint density at radius 1 is 1.18 bits per heavy atom. The maximum absolute atomic E-state index is 13.1. The number of para-hydroxylation sites is 1. The molecule has 28 heavy (non-hydrogen) atoms. The molecule has 2 heterocycles. The first-order chi connectivity index (χ1) is 13.6. The van der Waals surface area contributed by atoms with Gasteiger partial charge in [0.05, 0.1) is 29.2 Å². The van der Waals surface area contributed by atoms with Gasteiger partial charge in [0.15, 0.2) is 0 Å². The molecule has 0 bridgehead atoms. The molecule has 0 N–H and O–H groups in total. The highest BCUT2D eigenvalue weighted by Gasteiger charge is 2.38. The van der Waals surface area contributed by atoms with Crippen LogP contribution in [0.2, 0.25) is 0 Å². The number of carbonyl (C=O) groups excluding carboxylic acids is 1. The van der Waals surface area contributed by atoms with E-state index >= 15 is 0 Å². The first kappa shape index (κ1) is 18.6. The predicted molar refractivity (Wildman–Crippen MR) is 114 cm³/mol. The summed E-state index contributed by atoms with van der Waals surface area (Å²) in [7, 11) is 0. The van der Waals surface area contributed by atoms with Gasteiger partial charge in [-0.1, -0.05) is 61.2 Å². The molecule has 4 nitrogen and oxygen atoms in total. The Hall–Kier alpha value is -2.71. The van der Waals surface area contributed by atoms with Crippen LogP contribution >= 0.6 is 11.8 Å². The van der Waals surface area contributed by atoms with Crippen molar-refractivity contribution in [2.75, 3.05) is 17.4 Å². The lowest BCUT2D eigenvalue weighted by atomic mass is 9.84. The lowest BCUT2D eigenvalue weighted by Gasteiger charge is -2.42. The molecule has 5 heteroatoms. The molecule has 1 saturated heterocycles. The Kier molecular flexibility index (Phi) is 5.15. The Balaban J connectivity index is 1.69. The van der Waals surface area contributed by atoms with Gasteiger partial charge >= 0.3 is 0 Å². The van der Waals surface area contributed by atoms with Crippen LogP contribution in [0.1, 0.15) is 36.0 Å². The van der Waals surface area contributed by atoms with Crippen LogP contribution in [0.3, 0.4) is 0 Å². The van der Waals surface area contributed by atoms with E-state index in [-0.39, 0.29) is 11.8 Å². The van der Waals surface area contributed by atoms with Crippen LogP contribution in [-0.4, -0.2) is 23.4 Å². The van der Waals surface area contributed by atoms with Crippen LogP contribution in [0.15, 0.2) is 59.1 Å². The van der Waals surface area contributed by atoms with Crippen molar-refractivity contribution in [1.82, 2.24) is 4.90 Å². The Morgan fingerprint density at radius 3 is 2.68 bits per heavy atom. The predicted octanol–water partition coefficient (Wildman–Crippen LogP) is 4.78. The molecule has 0 radical (unpaired) electrons. The molecular formula is C23H23N3OS. The number of hydrogen-bond donors (Lipinski definition) is 0. The third-order valence-corrected chi connectivity index (χ3v) is 6.73. The number of nitrogens with zero attached hydrogens (tertiary/aromatic N) is 3. The van der Waals surface area contributed by atoms with Gasteiger partial charge in [-0.15, -0.1) is 0 Å². The first-order valence-corrected chi connectivity index (χ1v) is 10.6. The molecule has 1 unspecified atom stereocenters. The summed E-state index contributed by atoms with van der Waals surface area (Å²) in [5.41, 5.74) is 5.38. The van der Waals surface area contributed by atoms with Gasteiger partial charge in [-0.2, -0.15) is 5.26 Å². The topological polar surface area (TPSA) is 47.3 Å². The van der Waals surface area contributed by atoms with Crippen LogP contribution < -0.4 is 4.90 Å². The van der Waals surface area contributed by atoms with Gasteiger partial charge < -0.3 is 4.90 Å². The van der Waals surface area contributed by atoms with Gasteiger partial charge in [-0.3, -0.25) is 9.69 Å². The Bertz CT molecular complexity index is 991. The molecular weight excluding hydrogens is 366 g/mol. The van der Waals surface area contributed by atoms with Crippen LogP contribution in [0.4, 0.5) is 5.69 Å². The van der Waals surface area contributed by atoms with E-state index < -0.39 is 0 Å². The van der Waals surface area contributed by atoms with E-state index in [1.54, 1.807) is 16.7 Å². The molecule has 2 aromatic rings. The number of thioether (sulfide) groups is 1. The number of rotatable bonds is 3. The highest BCUT2D eigenvalue weighted by atomic mass is 32.2. The molecule has 2 aliphatic rings. The number of amides is 1. The lowest BCUT2D eigenvalue weighted by molar-refractivity contribution is -0.129. The number of anilines is 1. The quantitative estimate of drug-likeness (QED) is 0.758. The summed E-state index contributed by atoms with van der Waals surface area (Å²) < 4.78 is 0. The van der Waals surface area contributed by atoms with E-state index in [9.17, 15) is 10.1 Å². The first-order valence-electron chi connectivity index (χ1n) is 9.59. The second kappa shape index (κ2) is 7.73. The van der Waals surface area contributed by atoms with Crippen molar-refractivity contribution < 1.29 is 4.79 Å². The fourth-order valence-electron chi connectivity index (χ4n) is 4.08. The lowest BCUT2D eigenvalue weighted by Crippen LogP contribution is -2.47. The van der Waals surface area contributed by atoms with E-state index in [2.05, 4.69) is 36.1 Å². The molecule has 0 aliphatic carbocycles. The smallest absolute Gasteiger partial charge is 0.229 e. The molecule has 1 amide bonds. The third-order valence-electron chi connectivity index (χ3n) is 5.57. The molecule has 4 rings (SSSR count). The minimum absolute atomic E-state index is 0.0911. The standard InChI is InChI=1S/C23H23N3OS/c1-3-17-9-5-7-11-21(17)25-14-26-22(27)12-19(18-10-6-4-8-16(18)2)20(13-24)23(26)28-15-25/h4-11,19H,3,12,14-15H2,1-2H3. The molecule has 2 aliphatic heterocycles. The van der Waals surface area contributed by atoms with E-state index in [0.717, 1.165) is 34.0 Å². The summed E-state index contributed by atoms with van der Waals surface area (Å²) in [6.45, 7) is 4.70. The third kappa shape index (κ3) is 3.18. The number of nitriles is 1. The van der Waals surface area contributed by atoms with Crippen molar-refractivity contribution in [2.45, 2.75) is 32.6 Å². The maximum Gasteiger partial charge on any atom is 0.229 e. The second-order valence-corrected chi connectivity index (χ2v) is 8.14. The van der Waals surface area contributed by atoms with Crippen LogP contribution in [0.25, 0.3) is 0 Å². The average Bonchev–Trinajstić information content (AvgIpc) is 2.74. The van der Waals surface area contributed by atoms with Gasteiger partial charge in [-0.05, 0) is 36.1 Å². The van der Waals surface area contributed by atoms with Crippen molar-refractivity contribution in [3.63, 3.8) is 0 Å². The average molecular weight is 390 g/mol. The van der Waals surface area contributed by atoms with Crippen LogP contribution in [-0.2, 0) is 11.2 Å². The van der Waals surface area contributed by atoms with E-state index in [1.165, 1.54) is 11.3 Å². The number of fused-ring (bicyclic) bond motifs is 1. The molecule has 2 aromatic carbocycles. The van der Waals surface area contributed by atoms with E-state index in [1.807, 2.05) is 37.3 Å². The van der Waals surface area contributed by atoms with Crippen LogP contribution in [0, 0.1) is 18.3 Å². The Morgan fingerprint density at radius 2 is 1.93 bits per heavy atom. The zero-order chi connectivity index (χ0) is 19.7. The summed E-state index contributed by atoms with van der Waals surface area (Å²) in [5, 5.41) is 10.8. The largest absolute Gasteiger partial charge is 0.343 e. The number of benzene rings is 2. The summed E-state index contributed by atoms with van der Waals surface area (Å²) in [4.78, 5) is 17.1. The van der Waals surface area contributed by atoms with Gasteiger partial charge in [-0.25, -0.2) is 0 Å². The van der Waals surface area contributed by atoms with E-state index in [4.69, 9.17) is 0 Å². The SMILES string of the molecule is CCc1ccccc1N1CSC2=C(C#N)C(c3ccccc3C)CC(=O)N2C1. The van der Waals surface area contributed by atoms with Crippen LogP contribution in [0.5, 0.6) is 0 Å². The number of carbonyl (C=O) groups is 1. The highest BCUT2D eigenvalue weighted by molar-refractivity contribution is 8.03. The second-order valence-electron chi connectivity index (χ2n) is 7.20. The van der Waals surface area contributed by atoms with Crippen molar-refractivity contribution in [2.24, 2.45) is 0 Å². The molecule has 1 atom stereocenters. The molecule has 1 fully saturated rings. The maximum atomic E-state index is 13.1. The minimum atomic E-state index is -0.146. The number of hydrogen-bond acceptors (Lipinski definition) is 4. The van der Waals surface area contributed by atoms with Gasteiger partial charge in [0.2, 0.25) is 5.91 Å². The Labute approximate surface area is 170 Å². The van der Waals surface area contributed by atoms with Gasteiger partial charge in [0, 0.05) is 18.0 Å². The van der Waals surface area contributed by atoms with Crippen molar-refractivity contribution in [3.8, 4) is 6.07 Å².